The van der Waals surface area contributed by atoms with Crippen LogP contribution >= 0.6 is 11.6 Å². The molecule has 0 unspecified atom stereocenters. The van der Waals surface area contributed by atoms with Crippen LogP contribution in [0.4, 0.5) is 0 Å². The number of hydrogen-bond donors (Lipinski definition) is 1. The number of nitriles is 1. The van der Waals surface area contributed by atoms with Gasteiger partial charge in [0.05, 0.1) is 23.1 Å². The Bertz CT molecular complexity index is 1290. The second kappa shape index (κ2) is 10.2. The SMILES string of the molecule is CCN(C)C(=O)c1ccc(-n2nc(C)nc2[C@H](C)NC(=O)c2cc(Cl)cc(C(C)(C)C#N)c2)nc1. The molecule has 0 radical (unpaired) electrons. The average Bonchev–Trinajstić information content (AvgIpc) is 3.24. The van der Waals surface area contributed by atoms with E-state index in [4.69, 9.17) is 11.6 Å². The summed E-state index contributed by atoms with van der Waals surface area (Å²) >= 11 is 6.23. The topological polar surface area (TPSA) is 117 Å². The fourth-order valence-electron chi connectivity index (χ4n) is 3.37. The molecule has 3 aromatic rings. The largest absolute Gasteiger partial charge is 0.342 e. The van der Waals surface area contributed by atoms with E-state index in [-0.39, 0.29) is 11.8 Å². The van der Waals surface area contributed by atoms with E-state index in [0.29, 0.717) is 45.7 Å². The highest BCUT2D eigenvalue weighted by molar-refractivity contribution is 6.31. The predicted octanol–water partition coefficient (Wildman–Crippen LogP) is 4.01. The van der Waals surface area contributed by atoms with E-state index < -0.39 is 11.5 Å². The number of amides is 2. The molecule has 0 fully saturated rings. The standard InChI is InChI=1S/C25H28ClN7O2/c1-7-32(6)24(35)17-8-9-21(28-13-17)33-22(30-16(3)31-33)15(2)29-23(34)18-10-19(12-20(26)11-18)25(4,5)14-27/h8-13,15H,7H2,1-6H3,(H,29,34)/t15-/m0/s1. The van der Waals surface area contributed by atoms with Crippen LogP contribution in [0.15, 0.2) is 36.5 Å². The Morgan fingerprint density at radius 3 is 2.57 bits per heavy atom. The molecular formula is C25H28ClN7O2. The Labute approximate surface area is 209 Å². The van der Waals surface area contributed by atoms with E-state index >= 15 is 0 Å². The minimum Gasteiger partial charge on any atom is -0.342 e. The molecular weight excluding hydrogens is 466 g/mol. The van der Waals surface area contributed by atoms with E-state index in [0.717, 1.165) is 0 Å². The van der Waals surface area contributed by atoms with Crippen LogP contribution in [-0.4, -0.2) is 50.1 Å². The zero-order valence-corrected chi connectivity index (χ0v) is 21.4. The molecule has 1 aromatic carbocycles. The molecule has 9 nitrogen and oxygen atoms in total. The molecule has 2 amide bonds. The van der Waals surface area contributed by atoms with Crippen molar-refractivity contribution in [2.24, 2.45) is 0 Å². The van der Waals surface area contributed by atoms with E-state index in [2.05, 4.69) is 26.5 Å². The maximum atomic E-state index is 13.0. The van der Waals surface area contributed by atoms with Gasteiger partial charge in [-0.1, -0.05) is 11.6 Å². The summed E-state index contributed by atoms with van der Waals surface area (Å²) in [6, 6.07) is 9.98. The normalized spacial score (nSPS) is 12.1. The van der Waals surface area contributed by atoms with Gasteiger partial charge in [-0.2, -0.15) is 9.94 Å². The number of nitrogens with zero attached hydrogens (tertiary/aromatic N) is 6. The lowest BCUT2D eigenvalue weighted by Crippen LogP contribution is -2.29. The average molecular weight is 494 g/mol. The summed E-state index contributed by atoms with van der Waals surface area (Å²) in [5, 5.41) is 17.2. The number of benzene rings is 1. The summed E-state index contributed by atoms with van der Waals surface area (Å²) in [5.74, 6) is 0.974. The third-order valence-electron chi connectivity index (χ3n) is 5.67. The summed E-state index contributed by atoms with van der Waals surface area (Å²) in [5.41, 5.74) is 0.659. The predicted molar refractivity (Wildman–Crippen MR) is 132 cm³/mol. The molecule has 0 spiro atoms. The molecule has 0 saturated heterocycles. The van der Waals surface area contributed by atoms with E-state index in [1.807, 2.05) is 6.92 Å². The number of carbonyl (C=O) groups is 2. The molecule has 182 valence electrons. The first-order valence-corrected chi connectivity index (χ1v) is 11.5. The van der Waals surface area contributed by atoms with Gasteiger partial charge < -0.3 is 10.2 Å². The molecule has 1 N–H and O–H groups in total. The third-order valence-corrected chi connectivity index (χ3v) is 5.89. The zero-order valence-electron chi connectivity index (χ0n) is 20.6. The van der Waals surface area contributed by atoms with Crippen LogP contribution in [0.2, 0.25) is 5.02 Å². The van der Waals surface area contributed by atoms with Crippen molar-refractivity contribution in [3.05, 3.63) is 69.9 Å². The highest BCUT2D eigenvalue weighted by atomic mass is 35.5. The summed E-state index contributed by atoms with van der Waals surface area (Å²) in [7, 11) is 1.73. The first-order valence-electron chi connectivity index (χ1n) is 11.2. The molecule has 0 aliphatic carbocycles. The molecule has 3 rings (SSSR count). The summed E-state index contributed by atoms with van der Waals surface area (Å²) in [6.45, 7) is 9.55. The number of nitrogens with one attached hydrogen (secondary N) is 1. The van der Waals surface area contributed by atoms with Gasteiger partial charge in [0, 0.05) is 30.4 Å². The molecule has 2 aromatic heterocycles. The van der Waals surface area contributed by atoms with Crippen LogP contribution in [0.5, 0.6) is 0 Å². The van der Waals surface area contributed by atoms with Gasteiger partial charge in [-0.25, -0.2) is 9.97 Å². The quantitative estimate of drug-likeness (QED) is 0.531. The number of hydrogen-bond acceptors (Lipinski definition) is 6. The maximum Gasteiger partial charge on any atom is 0.255 e. The highest BCUT2D eigenvalue weighted by Crippen LogP contribution is 2.27. The minimum absolute atomic E-state index is 0.123. The van der Waals surface area contributed by atoms with E-state index in [1.165, 1.54) is 6.20 Å². The Hall–Kier alpha value is -3.77. The van der Waals surface area contributed by atoms with E-state index in [9.17, 15) is 14.9 Å². The van der Waals surface area contributed by atoms with Crippen molar-refractivity contribution in [2.75, 3.05) is 13.6 Å². The van der Waals surface area contributed by atoms with Crippen LogP contribution in [0, 0.1) is 18.3 Å². The highest BCUT2D eigenvalue weighted by Gasteiger charge is 2.24. The van der Waals surface area contributed by atoms with E-state index in [1.54, 1.807) is 74.7 Å². The Morgan fingerprint density at radius 2 is 1.97 bits per heavy atom. The maximum absolute atomic E-state index is 13.0. The number of pyridine rings is 1. The lowest BCUT2D eigenvalue weighted by molar-refractivity contribution is 0.0801. The third kappa shape index (κ3) is 5.66. The van der Waals surface area contributed by atoms with Crippen molar-refractivity contribution < 1.29 is 9.59 Å². The van der Waals surface area contributed by atoms with Gasteiger partial charge in [0.2, 0.25) is 0 Å². The summed E-state index contributed by atoms with van der Waals surface area (Å²) in [6.07, 6.45) is 1.50. The second-order valence-corrected chi connectivity index (χ2v) is 9.25. The van der Waals surface area contributed by atoms with Crippen LogP contribution in [0.1, 0.15) is 71.7 Å². The first-order chi connectivity index (χ1) is 16.5. The van der Waals surface area contributed by atoms with Gasteiger partial charge >= 0.3 is 0 Å². The molecule has 1 atom stereocenters. The number of rotatable bonds is 7. The Balaban J connectivity index is 1.86. The van der Waals surface area contributed by atoms with Gasteiger partial charge in [-0.15, -0.1) is 5.10 Å². The zero-order chi connectivity index (χ0) is 25.9. The molecule has 35 heavy (non-hydrogen) atoms. The molecule has 0 aliphatic rings. The lowest BCUT2D eigenvalue weighted by Gasteiger charge is -2.18. The van der Waals surface area contributed by atoms with Crippen molar-refractivity contribution in [1.29, 1.82) is 5.26 Å². The molecule has 0 saturated carbocycles. The Kier molecular flexibility index (Phi) is 7.56. The lowest BCUT2D eigenvalue weighted by atomic mass is 9.85. The fraction of sp³-hybridized carbons (Fsp3) is 0.360. The smallest absolute Gasteiger partial charge is 0.255 e. The van der Waals surface area contributed by atoms with Crippen LogP contribution in [0.25, 0.3) is 5.82 Å². The molecule has 10 heteroatoms. The van der Waals surface area contributed by atoms with Crippen molar-refractivity contribution in [2.45, 2.75) is 46.1 Å². The van der Waals surface area contributed by atoms with Crippen molar-refractivity contribution in [3.63, 3.8) is 0 Å². The Morgan fingerprint density at radius 1 is 1.26 bits per heavy atom. The number of halogens is 1. The van der Waals surface area contributed by atoms with Crippen LogP contribution < -0.4 is 5.32 Å². The monoisotopic (exact) mass is 493 g/mol. The second-order valence-electron chi connectivity index (χ2n) is 8.81. The number of aryl methyl sites for hydroxylation is 1. The van der Waals surface area contributed by atoms with Gasteiger partial charge in [-0.3, -0.25) is 9.59 Å². The summed E-state index contributed by atoms with van der Waals surface area (Å²) in [4.78, 5) is 35.9. The number of carbonyl (C=O) groups excluding carboxylic acids is 2. The summed E-state index contributed by atoms with van der Waals surface area (Å²) < 4.78 is 1.54. The molecule has 2 heterocycles. The van der Waals surface area contributed by atoms with Gasteiger partial charge in [0.25, 0.3) is 11.8 Å². The van der Waals surface area contributed by atoms with Crippen molar-refractivity contribution in [3.8, 4) is 11.9 Å². The molecule has 0 bridgehead atoms. The van der Waals surface area contributed by atoms with Gasteiger partial charge in [-0.05, 0) is 70.5 Å². The van der Waals surface area contributed by atoms with Crippen molar-refractivity contribution in [1.82, 2.24) is 30.0 Å². The van der Waals surface area contributed by atoms with Crippen LogP contribution in [0.3, 0.4) is 0 Å². The van der Waals surface area contributed by atoms with Gasteiger partial charge in [0.15, 0.2) is 11.6 Å². The molecule has 0 aliphatic heterocycles. The van der Waals surface area contributed by atoms with Gasteiger partial charge in [0.1, 0.15) is 5.82 Å². The van der Waals surface area contributed by atoms with Crippen LogP contribution in [-0.2, 0) is 5.41 Å². The number of aromatic nitrogens is 4. The fourth-order valence-corrected chi connectivity index (χ4v) is 3.61. The first kappa shape index (κ1) is 25.8. The van der Waals surface area contributed by atoms with Crippen molar-refractivity contribution >= 4 is 23.4 Å². The minimum atomic E-state index is -0.798.